The van der Waals surface area contributed by atoms with Gasteiger partial charge in [-0.2, -0.15) is 0 Å². The van der Waals surface area contributed by atoms with Crippen molar-refractivity contribution in [3.63, 3.8) is 0 Å². The van der Waals surface area contributed by atoms with Crippen molar-refractivity contribution in [2.75, 3.05) is 5.32 Å². The molecule has 7 heteroatoms. The van der Waals surface area contributed by atoms with Gasteiger partial charge in [0.05, 0.1) is 0 Å². The predicted molar refractivity (Wildman–Crippen MR) is 103 cm³/mol. The van der Waals surface area contributed by atoms with Crippen LogP contribution in [0.15, 0.2) is 48.5 Å². The highest BCUT2D eigenvalue weighted by Gasteiger charge is 2.07. The number of halogens is 2. The van der Waals surface area contributed by atoms with Gasteiger partial charge < -0.3 is 16.4 Å². The molecule has 2 rings (SSSR count). The van der Waals surface area contributed by atoms with Crippen molar-refractivity contribution in [2.45, 2.75) is 32.4 Å². The summed E-state index contributed by atoms with van der Waals surface area (Å²) >= 11 is 0. The van der Waals surface area contributed by atoms with Crippen molar-refractivity contribution in [1.82, 2.24) is 5.32 Å². The van der Waals surface area contributed by atoms with Crippen LogP contribution in [0.1, 0.15) is 35.7 Å². The fraction of sp³-hybridized carbons (Fsp3) is 0.263. The summed E-state index contributed by atoms with van der Waals surface area (Å²) in [5, 5.41) is 5.57. The minimum atomic E-state index is -0.385. The van der Waals surface area contributed by atoms with Crippen LogP contribution in [0.4, 0.5) is 10.1 Å². The third-order valence-electron chi connectivity index (χ3n) is 3.63. The fourth-order valence-electron chi connectivity index (χ4n) is 2.16. The van der Waals surface area contributed by atoms with Gasteiger partial charge in [0.15, 0.2) is 0 Å². The summed E-state index contributed by atoms with van der Waals surface area (Å²) in [5.74, 6) is -0.730. The van der Waals surface area contributed by atoms with Gasteiger partial charge >= 0.3 is 0 Å². The number of carbonyl (C=O) groups excluding carboxylic acids is 2. The molecule has 0 saturated heterocycles. The Balaban J connectivity index is 0.00000338. The molecule has 140 valence electrons. The zero-order valence-corrected chi connectivity index (χ0v) is 15.3. The lowest BCUT2D eigenvalue weighted by Gasteiger charge is -2.09. The molecule has 0 aromatic heterocycles. The molecule has 0 aliphatic heterocycles. The van der Waals surface area contributed by atoms with E-state index in [9.17, 15) is 14.0 Å². The Morgan fingerprint density at radius 1 is 1.08 bits per heavy atom. The SMILES string of the molecule is CC(N)CCC(=O)NCc1ccc(NC(=O)c2ccc(F)cc2)cc1.Cl. The van der Waals surface area contributed by atoms with Gasteiger partial charge in [0.2, 0.25) is 5.91 Å². The average molecular weight is 380 g/mol. The third-order valence-corrected chi connectivity index (χ3v) is 3.63. The molecule has 0 aliphatic carbocycles. The molecule has 5 nitrogen and oxygen atoms in total. The van der Waals surface area contributed by atoms with Gasteiger partial charge in [-0.3, -0.25) is 9.59 Å². The summed E-state index contributed by atoms with van der Waals surface area (Å²) in [6, 6.07) is 12.5. The lowest BCUT2D eigenvalue weighted by atomic mass is 10.1. The Bertz CT molecular complexity index is 719. The van der Waals surface area contributed by atoms with Crippen LogP contribution in [-0.2, 0) is 11.3 Å². The van der Waals surface area contributed by atoms with Gasteiger partial charge in [0.1, 0.15) is 5.82 Å². The molecular formula is C19H23ClFN3O2. The van der Waals surface area contributed by atoms with Gasteiger partial charge in [-0.05, 0) is 55.3 Å². The van der Waals surface area contributed by atoms with Crippen LogP contribution in [0, 0.1) is 5.82 Å². The summed E-state index contributed by atoms with van der Waals surface area (Å²) in [4.78, 5) is 23.7. The smallest absolute Gasteiger partial charge is 0.255 e. The van der Waals surface area contributed by atoms with E-state index in [0.29, 0.717) is 30.6 Å². The molecule has 0 heterocycles. The molecule has 0 spiro atoms. The molecule has 1 atom stereocenters. The summed E-state index contributed by atoms with van der Waals surface area (Å²) in [5.41, 5.74) is 7.55. The summed E-state index contributed by atoms with van der Waals surface area (Å²) < 4.78 is 12.9. The first-order valence-corrected chi connectivity index (χ1v) is 8.12. The van der Waals surface area contributed by atoms with E-state index in [1.165, 1.54) is 24.3 Å². The Labute approximate surface area is 158 Å². The number of hydrogen-bond acceptors (Lipinski definition) is 3. The second-order valence-corrected chi connectivity index (χ2v) is 5.95. The molecule has 2 aromatic rings. The van der Waals surface area contributed by atoms with E-state index in [1.54, 1.807) is 12.1 Å². The second-order valence-electron chi connectivity index (χ2n) is 5.95. The standard InChI is InChI=1S/C19H22FN3O2.ClH/c1-13(21)2-11-18(24)22-12-14-3-9-17(10-4-14)23-19(25)15-5-7-16(20)8-6-15;/h3-10,13H,2,11-12,21H2,1H3,(H,22,24)(H,23,25);1H. The Morgan fingerprint density at radius 2 is 1.69 bits per heavy atom. The van der Waals surface area contributed by atoms with Gasteiger partial charge in [-0.25, -0.2) is 4.39 Å². The van der Waals surface area contributed by atoms with Crippen molar-refractivity contribution in [3.05, 3.63) is 65.5 Å². The third kappa shape index (κ3) is 7.21. The van der Waals surface area contributed by atoms with Crippen LogP contribution in [0.5, 0.6) is 0 Å². The van der Waals surface area contributed by atoms with Crippen molar-refractivity contribution >= 4 is 29.9 Å². The largest absolute Gasteiger partial charge is 0.352 e. The molecule has 0 fully saturated rings. The molecule has 0 bridgehead atoms. The molecule has 26 heavy (non-hydrogen) atoms. The summed E-state index contributed by atoms with van der Waals surface area (Å²) in [6.07, 6.45) is 1.06. The monoisotopic (exact) mass is 379 g/mol. The maximum Gasteiger partial charge on any atom is 0.255 e. The quantitative estimate of drug-likeness (QED) is 0.690. The van der Waals surface area contributed by atoms with Crippen molar-refractivity contribution < 1.29 is 14.0 Å². The lowest BCUT2D eigenvalue weighted by Crippen LogP contribution is -2.25. The van der Waals surface area contributed by atoms with Crippen molar-refractivity contribution in [3.8, 4) is 0 Å². The van der Waals surface area contributed by atoms with Crippen LogP contribution in [0.25, 0.3) is 0 Å². The highest BCUT2D eigenvalue weighted by atomic mass is 35.5. The number of carbonyl (C=O) groups is 2. The molecule has 2 amide bonds. The minimum absolute atomic E-state index is 0. The zero-order valence-electron chi connectivity index (χ0n) is 14.5. The highest BCUT2D eigenvalue weighted by Crippen LogP contribution is 2.12. The maximum absolute atomic E-state index is 12.9. The van der Waals surface area contributed by atoms with E-state index >= 15 is 0 Å². The first kappa shape index (κ1) is 21.6. The molecule has 0 aliphatic rings. The molecule has 0 saturated carbocycles. The predicted octanol–water partition coefficient (Wildman–Crippen LogP) is 3.24. The topological polar surface area (TPSA) is 84.2 Å². The Hall–Kier alpha value is -2.44. The van der Waals surface area contributed by atoms with E-state index in [0.717, 1.165) is 5.56 Å². The van der Waals surface area contributed by atoms with Crippen LogP contribution >= 0.6 is 12.4 Å². The number of nitrogens with two attached hydrogens (primary N) is 1. The lowest BCUT2D eigenvalue weighted by molar-refractivity contribution is -0.121. The first-order valence-electron chi connectivity index (χ1n) is 8.12. The van der Waals surface area contributed by atoms with Gasteiger partial charge in [-0.1, -0.05) is 12.1 Å². The number of amides is 2. The Morgan fingerprint density at radius 3 is 2.27 bits per heavy atom. The zero-order chi connectivity index (χ0) is 18.2. The molecule has 4 N–H and O–H groups in total. The number of hydrogen-bond donors (Lipinski definition) is 3. The number of anilines is 1. The van der Waals surface area contributed by atoms with E-state index < -0.39 is 0 Å². The highest BCUT2D eigenvalue weighted by molar-refractivity contribution is 6.04. The Kier molecular flexibility index (Phi) is 8.75. The molecule has 1 unspecified atom stereocenters. The van der Waals surface area contributed by atoms with Crippen LogP contribution in [0.2, 0.25) is 0 Å². The van der Waals surface area contributed by atoms with Crippen LogP contribution in [-0.4, -0.2) is 17.9 Å². The second kappa shape index (κ2) is 10.5. The van der Waals surface area contributed by atoms with E-state index in [-0.39, 0.29) is 36.1 Å². The average Bonchev–Trinajstić information content (AvgIpc) is 2.60. The number of nitrogens with one attached hydrogen (secondary N) is 2. The summed E-state index contributed by atoms with van der Waals surface area (Å²) in [7, 11) is 0. The van der Waals surface area contributed by atoms with Gasteiger partial charge in [-0.15, -0.1) is 12.4 Å². The van der Waals surface area contributed by atoms with E-state index in [4.69, 9.17) is 5.73 Å². The molecule has 2 aromatic carbocycles. The van der Waals surface area contributed by atoms with Crippen molar-refractivity contribution in [2.24, 2.45) is 5.73 Å². The first-order chi connectivity index (χ1) is 11.9. The minimum Gasteiger partial charge on any atom is -0.352 e. The van der Waals surface area contributed by atoms with Gasteiger partial charge in [0, 0.05) is 30.3 Å². The van der Waals surface area contributed by atoms with Crippen LogP contribution in [0.3, 0.4) is 0 Å². The van der Waals surface area contributed by atoms with Gasteiger partial charge in [0.25, 0.3) is 5.91 Å². The van der Waals surface area contributed by atoms with E-state index in [1.807, 2.05) is 19.1 Å². The van der Waals surface area contributed by atoms with Crippen LogP contribution < -0.4 is 16.4 Å². The normalized spacial score (nSPS) is 11.2. The number of rotatable bonds is 7. The maximum atomic E-state index is 12.9. The molecule has 0 radical (unpaired) electrons. The fourth-order valence-corrected chi connectivity index (χ4v) is 2.16. The number of benzene rings is 2. The molecular weight excluding hydrogens is 357 g/mol. The summed E-state index contributed by atoms with van der Waals surface area (Å²) in [6.45, 7) is 2.29. The van der Waals surface area contributed by atoms with E-state index in [2.05, 4.69) is 10.6 Å². The van der Waals surface area contributed by atoms with Crippen molar-refractivity contribution in [1.29, 1.82) is 0 Å².